The van der Waals surface area contributed by atoms with Crippen molar-refractivity contribution in [3.63, 3.8) is 0 Å². The molecule has 2 rings (SSSR count). The first kappa shape index (κ1) is 14.1. The van der Waals surface area contributed by atoms with Crippen LogP contribution in [-0.4, -0.2) is 43.9 Å². The van der Waals surface area contributed by atoms with Crippen LogP contribution < -0.4 is 4.90 Å². The van der Waals surface area contributed by atoms with Gasteiger partial charge in [-0.3, -0.25) is 9.69 Å². The molecule has 19 heavy (non-hydrogen) atoms. The Bertz CT molecular complexity index is 444. The number of rotatable bonds is 5. The molecule has 0 aromatic heterocycles. The number of hydrogen-bond donors (Lipinski definition) is 0. The molecule has 1 aromatic rings. The Kier molecular flexibility index (Phi) is 4.59. The number of aldehydes is 1. The summed E-state index contributed by atoms with van der Waals surface area (Å²) in [6.07, 6.45) is 3.54. The summed E-state index contributed by atoms with van der Waals surface area (Å²) in [6, 6.07) is 6.73. The van der Waals surface area contributed by atoms with Crippen molar-refractivity contribution in [2.24, 2.45) is 0 Å². The molecule has 1 heterocycles. The Labute approximate surface area is 116 Å². The summed E-state index contributed by atoms with van der Waals surface area (Å²) in [4.78, 5) is 15.7. The summed E-state index contributed by atoms with van der Waals surface area (Å²) < 4.78 is 0. The third-order valence-corrected chi connectivity index (χ3v) is 4.21. The number of hydrogen-bond acceptors (Lipinski definition) is 3. The highest BCUT2D eigenvalue weighted by molar-refractivity contribution is 5.78. The van der Waals surface area contributed by atoms with Gasteiger partial charge < -0.3 is 4.90 Å². The molecule has 0 saturated carbocycles. The van der Waals surface area contributed by atoms with Crippen LogP contribution in [0.2, 0.25) is 0 Å². The third-order valence-electron chi connectivity index (χ3n) is 4.21. The summed E-state index contributed by atoms with van der Waals surface area (Å²) in [5.41, 5.74) is 3.04. The molecule has 3 nitrogen and oxygen atoms in total. The molecule has 104 valence electrons. The van der Waals surface area contributed by atoms with Gasteiger partial charge in [0, 0.05) is 30.9 Å². The highest BCUT2D eigenvalue weighted by Crippen LogP contribution is 2.22. The summed E-state index contributed by atoms with van der Waals surface area (Å²) in [7, 11) is 2.14. The average Bonchev–Trinajstić information content (AvgIpc) is 2.85. The highest BCUT2D eigenvalue weighted by atomic mass is 16.1. The number of carbonyl (C=O) groups excluding carboxylic acids is 1. The van der Waals surface area contributed by atoms with Crippen molar-refractivity contribution in [2.45, 2.75) is 32.7 Å². The van der Waals surface area contributed by atoms with Gasteiger partial charge in [-0.1, -0.05) is 6.92 Å². The van der Waals surface area contributed by atoms with Crippen molar-refractivity contribution < 1.29 is 4.79 Å². The molecule has 1 aromatic carbocycles. The van der Waals surface area contributed by atoms with Gasteiger partial charge in [0.05, 0.1) is 0 Å². The highest BCUT2D eigenvalue weighted by Gasteiger charge is 2.24. The molecule has 0 bridgehead atoms. The lowest BCUT2D eigenvalue weighted by Gasteiger charge is -2.29. The van der Waals surface area contributed by atoms with E-state index in [1.54, 1.807) is 0 Å². The number of likely N-dealkylation sites (tertiary alicyclic amines) is 1. The van der Waals surface area contributed by atoms with Crippen LogP contribution in [0.1, 0.15) is 35.7 Å². The van der Waals surface area contributed by atoms with Crippen LogP contribution in [0.25, 0.3) is 0 Å². The minimum Gasteiger partial charge on any atom is -0.373 e. The standard InChI is InChI=1S/C16H24N2O/c1-4-18-9-5-6-16(18)11-17(3)15-8-7-14(12-19)13(2)10-15/h7-8,10,12,16H,4-6,9,11H2,1-3H3. The van der Waals surface area contributed by atoms with Crippen molar-refractivity contribution >= 4 is 12.0 Å². The van der Waals surface area contributed by atoms with E-state index in [0.717, 1.165) is 30.5 Å². The normalized spacial score (nSPS) is 19.6. The summed E-state index contributed by atoms with van der Waals surface area (Å²) in [5.74, 6) is 0. The molecular weight excluding hydrogens is 236 g/mol. The van der Waals surface area contributed by atoms with E-state index < -0.39 is 0 Å². The largest absolute Gasteiger partial charge is 0.373 e. The molecule has 1 aliphatic heterocycles. The SMILES string of the molecule is CCN1CCCC1CN(C)c1ccc(C=O)c(C)c1. The van der Waals surface area contributed by atoms with Crippen LogP contribution in [0.15, 0.2) is 18.2 Å². The summed E-state index contributed by atoms with van der Waals surface area (Å²) >= 11 is 0. The van der Waals surface area contributed by atoms with Crippen LogP contribution >= 0.6 is 0 Å². The summed E-state index contributed by atoms with van der Waals surface area (Å²) in [5, 5.41) is 0. The Morgan fingerprint density at radius 2 is 2.26 bits per heavy atom. The number of nitrogens with zero attached hydrogens (tertiary/aromatic N) is 2. The Morgan fingerprint density at radius 3 is 2.89 bits per heavy atom. The molecule has 0 spiro atoms. The van der Waals surface area contributed by atoms with E-state index in [0.29, 0.717) is 6.04 Å². The average molecular weight is 260 g/mol. The minimum absolute atomic E-state index is 0.668. The quantitative estimate of drug-likeness (QED) is 0.761. The van der Waals surface area contributed by atoms with Gasteiger partial charge in [0.1, 0.15) is 6.29 Å². The van der Waals surface area contributed by atoms with Crippen molar-refractivity contribution in [1.29, 1.82) is 0 Å². The first-order chi connectivity index (χ1) is 9.15. The van der Waals surface area contributed by atoms with Crippen molar-refractivity contribution in [2.75, 3.05) is 31.6 Å². The predicted octanol–water partition coefficient (Wildman–Crippen LogP) is 2.73. The lowest BCUT2D eigenvalue weighted by Crippen LogP contribution is -2.38. The van der Waals surface area contributed by atoms with E-state index in [1.807, 2.05) is 19.1 Å². The zero-order valence-corrected chi connectivity index (χ0v) is 12.2. The molecule has 3 heteroatoms. The molecule has 1 atom stereocenters. The first-order valence-corrected chi connectivity index (χ1v) is 7.16. The van der Waals surface area contributed by atoms with Crippen molar-refractivity contribution in [1.82, 2.24) is 4.90 Å². The molecular formula is C16H24N2O. The van der Waals surface area contributed by atoms with Crippen molar-refractivity contribution in [3.05, 3.63) is 29.3 Å². The number of likely N-dealkylation sites (N-methyl/N-ethyl adjacent to an activating group) is 2. The van der Waals surface area contributed by atoms with Gasteiger partial charge in [-0.25, -0.2) is 0 Å². The van der Waals surface area contributed by atoms with Gasteiger partial charge >= 0.3 is 0 Å². The van der Waals surface area contributed by atoms with Crippen LogP contribution in [0, 0.1) is 6.92 Å². The van der Waals surface area contributed by atoms with Crippen LogP contribution in [0.5, 0.6) is 0 Å². The maximum absolute atomic E-state index is 10.8. The third kappa shape index (κ3) is 3.16. The van der Waals surface area contributed by atoms with Gasteiger partial charge in [-0.2, -0.15) is 0 Å². The topological polar surface area (TPSA) is 23.6 Å². The fourth-order valence-corrected chi connectivity index (χ4v) is 2.97. The lowest BCUT2D eigenvalue weighted by atomic mass is 10.1. The molecule has 0 aliphatic carbocycles. The van der Waals surface area contributed by atoms with E-state index in [9.17, 15) is 4.79 Å². The smallest absolute Gasteiger partial charge is 0.150 e. The second-order valence-corrected chi connectivity index (χ2v) is 5.46. The monoisotopic (exact) mass is 260 g/mol. The first-order valence-electron chi connectivity index (χ1n) is 7.16. The fraction of sp³-hybridized carbons (Fsp3) is 0.562. The van der Waals surface area contributed by atoms with Gasteiger partial charge in [0.15, 0.2) is 0 Å². The minimum atomic E-state index is 0.668. The fourth-order valence-electron chi connectivity index (χ4n) is 2.97. The van der Waals surface area contributed by atoms with E-state index in [4.69, 9.17) is 0 Å². The van der Waals surface area contributed by atoms with Crippen LogP contribution in [0.4, 0.5) is 5.69 Å². The number of aryl methyl sites for hydroxylation is 1. The maximum atomic E-state index is 10.8. The van der Waals surface area contributed by atoms with E-state index >= 15 is 0 Å². The Morgan fingerprint density at radius 1 is 1.47 bits per heavy atom. The zero-order chi connectivity index (χ0) is 13.8. The number of carbonyl (C=O) groups is 1. The van der Waals surface area contributed by atoms with E-state index in [1.165, 1.54) is 25.1 Å². The predicted molar refractivity (Wildman–Crippen MR) is 80.1 cm³/mol. The van der Waals surface area contributed by atoms with E-state index in [2.05, 4.69) is 29.8 Å². The Hall–Kier alpha value is -1.35. The van der Waals surface area contributed by atoms with Crippen molar-refractivity contribution in [3.8, 4) is 0 Å². The van der Waals surface area contributed by atoms with Crippen LogP contribution in [0.3, 0.4) is 0 Å². The van der Waals surface area contributed by atoms with Gasteiger partial charge in [-0.05, 0) is 56.6 Å². The molecule has 1 fully saturated rings. The molecule has 1 unspecified atom stereocenters. The van der Waals surface area contributed by atoms with Gasteiger partial charge in [0.2, 0.25) is 0 Å². The maximum Gasteiger partial charge on any atom is 0.150 e. The molecule has 1 saturated heterocycles. The molecule has 1 aliphatic rings. The second-order valence-electron chi connectivity index (χ2n) is 5.46. The van der Waals surface area contributed by atoms with Gasteiger partial charge in [-0.15, -0.1) is 0 Å². The molecule has 0 radical (unpaired) electrons. The summed E-state index contributed by atoms with van der Waals surface area (Å²) in [6.45, 7) is 7.67. The second kappa shape index (κ2) is 6.20. The zero-order valence-electron chi connectivity index (χ0n) is 12.2. The Balaban J connectivity index is 2.05. The molecule has 0 N–H and O–H groups in total. The lowest BCUT2D eigenvalue weighted by molar-refractivity contribution is 0.112. The van der Waals surface area contributed by atoms with Gasteiger partial charge in [0.25, 0.3) is 0 Å². The van der Waals surface area contributed by atoms with E-state index in [-0.39, 0.29) is 0 Å². The molecule has 0 amide bonds. The van der Waals surface area contributed by atoms with Crippen LogP contribution in [-0.2, 0) is 0 Å². The number of benzene rings is 1. The number of anilines is 1.